The third kappa shape index (κ3) is 4.91. The normalized spacial score (nSPS) is 10.5. The standard InChI is InChI=1S/C24H22N4O2/c29-24(26-14-12-18-6-2-1-3-7-18)20-10-11-21(22-9-5-15-30-22)28-23(20)27-17-19-8-4-13-25-16-19/h1-11,13,15-16H,12,14,17H2,(H,26,29)(H,27,28). The fraction of sp³-hybridized carbons (Fsp3) is 0.125. The van der Waals surface area contributed by atoms with Crippen LogP contribution in [0.25, 0.3) is 11.5 Å². The Balaban J connectivity index is 1.50. The van der Waals surface area contributed by atoms with Gasteiger partial charge in [-0.05, 0) is 47.9 Å². The maximum absolute atomic E-state index is 12.8. The molecule has 0 saturated heterocycles. The fourth-order valence-electron chi connectivity index (χ4n) is 3.09. The lowest BCUT2D eigenvalue weighted by Gasteiger charge is -2.13. The van der Waals surface area contributed by atoms with E-state index in [1.807, 2.05) is 54.6 Å². The third-order valence-corrected chi connectivity index (χ3v) is 4.64. The van der Waals surface area contributed by atoms with Gasteiger partial charge in [-0.2, -0.15) is 0 Å². The van der Waals surface area contributed by atoms with Crippen molar-refractivity contribution in [1.29, 1.82) is 0 Å². The summed E-state index contributed by atoms with van der Waals surface area (Å²) in [5, 5.41) is 6.25. The van der Waals surface area contributed by atoms with Crippen molar-refractivity contribution in [2.75, 3.05) is 11.9 Å². The van der Waals surface area contributed by atoms with Crippen LogP contribution < -0.4 is 10.6 Å². The van der Waals surface area contributed by atoms with E-state index in [1.165, 1.54) is 5.56 Å². The molecule has 0 fully saturated rings. The molecule has 0 aliphatic rings. The lowest BCUT2D eigenvalue weighted by Crippen LogP contribution is -2.27. The van der Waals surface area contributed by atoms with Crippen LogP contribution in [0.4, 0.5) is 5.82 Å². The maximum atomic E-state index is 12.8. The van der Waals surface area contributed by atoms with Gasteiger partial charge in [-0.3, -0.25) is 9.78 Å². The first-order valence-corrected chi connectivity index (χ1v) is 9.79. The van der Waals surface area contributed by atoms with Crippen molar-refractivity contribution in [3.05, 3.63) is 102 Å². The van der Waals surface area contributed by atoms with E-state index in [1.54, 1.807) is 30.8 Å². The Labute approximate surface area is 175 Å². The second kappa shape index (κ2) is 9.52. The summed E-state index contributed by atoms with van der Waals surface area (Å²) in [7, 11) is 0. The van der Waals surface area contributed by atoms with E-state index in [0.717, 1.165) is 12.0 Å². The number of nitrogens with zero attached hydrogens (tertiary/aromatic N) is 2. The van der Waals surface area contributed by atoms with Gasteiger partial charge in [0, 0.05) is 25.5 Å². The highest BCUT2D eigenvalue weighted by Crippen LogP contribution is 2.23. The summed E-state index contributed by atoms with van der Waals surface area (Å²) in [5.41, 5.74) is 3.33. The Morgan fingerprint density at radius 3 is 2.57 bits per heavy atom. The summed E-state index contributed by atoms with van der Waals surface area (Å²) in [6.45, 7) is 1.05. The van der Waals surface area contributed by atoms with E-state index >= 15 is 0 Å². The monoisotopic (exact) mass is 398 g/mol. The van der Waals surface area contributed by atoms with E-state index < -0.39 is 0 Å². The molecule has 3 aromatic heterocycles. The van der Waals surface area contributed by atoms with Gasteiger partial charge >= 0.3 is 0 Å². The van der Waals surface area contributed by atoms with E-state index in [2.05, 4.69) is 20.6 Å². The summed E-state index contributed by atoms with van der Waals surface area (Å²) in [6.07, 6.45) is 5.88. The highest BCUT2D eigenvalue weighted by molar-refractivity contribution is 5.99. The number of hydrogen-bond acceptors (Lipinski definition) is 5. The largest absolute Gasteiger partial charge is 0.463 e. The molecule has 1 amide bonds. The summed E-state index contributed by atoms with van der Waals surface area (Å²) in [4.78, 5) is 21.6. The van der Waals surface area contributed by atoms with Crippen molar-refractivity contribution in [2.24, 2.45) is 0 Å². The number of anilines is 1. The molecular formula is C24H22N4O2. The summed E-state index contributed by atoms with van der Waals surface area (Å²) in [6, 6.07) is 21.1. The number of carbonyl (C=O) groups excluding carboxylic acids is 1. The Morgan fingerprint density at radius 1 is 0.933 bits per heavy atom. The molecule has 6 nitrogen and oxygen atoms in total. The molecule has 4 rings (SSSR count). The molecule has 150 valence electrons. The topological polar surface area (TPSA) is 80.0 Å². The van der Waals surface area contributed by atoms with Crippen molar-refractivity contribution in [3.8, 4) is 11.5 Å². The van der Waals surface area contributed by atoms with Crippen LogP contribution >= 0.6 is 0 Å². The molecule has 0 atom stereocenters. The van der Waals surface area contributed by atoms with Crippen molar-refractivity contribution in [3.63, 3.8) is 0 Å². The molecule has 1 aromatic carbocycles. The van der Waals surface area contributed by atoms with Crippen LogP contribution in [0.15, 0.2) is 89.8 Å². The van der Waals surface area contributed by atoms with Crippen LogP contribution in [-0.4, -0.2) is 22.4 Å². The van der Waals surface area contributed by atoms with Crippen molar-refractivity contribution in [2.45, 2.75) is 13.0 Å². The third-order valence-electron chi connectivity index (χ3n) is 4.64. The van der Waals surface area contributed by atoms with Crippen LogP contribution in [0, 0.1) is 0 Å². The number of carbonyl (C=O) groups is 1. The van der Waals surface area contributed by atoms with Gasteiger partial charge < -0.3 is 15.1 Å². The molecule has 0 aliphatic carbocycles. The van der Waals surface area contributed by atoms with Gasteiger partial charge in [0.2, 0.25) is 0 Å². The predicted octanol–water partition coefficient (Wildman–Crippen LogP) is 4.32. The van der Waals surface area contributed by atoms with Crippen LogP contribution in [0.2, 0.25) is 0 Å². The number of aromatic nitrogens is 2. The summed E-state index contributed by atoms with van der Waals surface area (Å²) < 4.78 is 5.45. The van der Waals surface area contributed by atoms with Gasteiger partial charge in [0.1, 0.15) is 11.5 Å². The second-order valence-corrected chi connectivity index (χ2v) is 6.78. The molecule has 6 heteroatoms. The maximum Gasteiger partial charge on any atom is 0.255 e. The van der Waals surface area contributed by atoms with Gasteiger partial charge in [0.05, 0.1) is 11.8 Å². The minimum Gasteiger partial charge on any atom is -0.463 e. The van der Waals surface area contributed by atoms with Gasteiger partial charge in [0.15, 0.2) is 5.76 Å². The van der Waals surface area contributed by atoms with E-state index in [0.29, 0.717) is 35.9 Å². The van der Waals surface area contributed by atoms with Crippen molar-refractivity contribution < 1.29 is 9.21 Å². The molecule has 0 radical (unpaired) electrons. The van der Waals surface area contributed by atoms with Crippen LogP contribution in [0.3, 0.4) is 0 Å². The molecule has 2 N–H and O–H groups in total. The number of rotatable bonds is 8. The van der Waals surface area contributed by atoms with Gasteiger partial charge in [-0.15, -0.1) is 0 Å². The van der Waals surface area contributed by atoms with E-state index in [-0.39, 0.29) is 5.91 Å². The highest BCUT2D eigenvalue weighted by Gasteiger charge is 2.15. The zero-order valence-electron chi connectivity index (χ0n) is 16.4. The molecule has 0 spiro atoms. The molecule has 4 aromatic rings. The molecule has 0 aliphatic heterocycles. The minimum absolute atomic E-state index is 0.168. The van der Waals surface area contributed by atoms with Crippen molar-refractivity contribution >= 4 is 11.7 Å². The first-order chi connectivity index (χ1) is 14.8. The molecule has 0 saturated carbocycles. The Bertz CT molecular complexity index is 1080. The molecular weight excluding hydrogens is 376 g/mol. The molecule has 0 unspecified atom stereocenters. The quantitative estimate of drug-likeness (QED) is 0.462. The average molecular weight is 398 g/mol. The Morgan fingerprint density at radius 2 is 1.80 bits per heavy atom. The van der Waals surface area contributed by atoms with E-state index in [9.17, 15) is 4.79 Å². The summed E-state index contributed by atoms with van der Waals surface area (Å²) in [5.74, 6) is 0.985. The lowest BCUT2D eigenvalue weighted by molar-refractivity contribution is 0.0954. The Kier molecular flexibility index (Phi) is 6.15. The number of benzene rings is 1. The zero-order valence-corrected chi connectivity index (χ0v) is 16.4. The lowest BCUT2D eigenvalue weighted by atomic mass is 10.1. The van der Waals surface area contributed by atoms with Crippen LogP contribution in [-0.2, 0) is 13.0 Å². The van der Waals surface area contributed by atoms with Gasteiger partial charge in [-0.25, -0.2) is 4.98 Å². The van der Waals surface area contributed by atoms with Gasteiger partial charge in [-0.1, -0.05) is 36.4 Å². The predicted molar refractivity (Wildman–Crippen MR) is 116 cm³/mol. The SMILES string of the molecule is O=C(NCCc1ccccc1)c1ccc(-c2ccco2)nc1NCc1cccnc1. The van der Waals surface area contributed by atoms with E-state index in [4.69, 9.17) is 4.42 Å². The van der Waals surface area contributed by atoms with Crippen LogP contribution in [0.1, 0.15) is 21.5 Å². The average Bonchev–Trinajstić information content (AvgIpc) is 3.34. The first kappa shape index (κ1) is 19.4. The van der Waals surface area contributed by atoms with Crippen LogP contribution in [0.5, 0.6) is 0 Å². The van der Waals surface area contributed by atoms with Gasteiger partial charge in [0.25, 0.3) is 5.91 Å². The molecule has 3 heterocycles. The first-order valence-electron chi connectivity index (χ1n) is 9.79. The fourth-order valence-corrected chi connectivity index (χ4v) is 3.09. The number of pyridine rings is 2. The number of amides is 1. The Hall–Kier alpha value is -3.93. The second-order valence-electron chi connectivity index (χ2n) is 6.78. The molecule has 30 heavy (non-hydrogen) atoms. The number of hydrogen-bond donors (Lipinski definition) is 2. The minimum atomic E-state index is -0.168. The number of furan rings is 1. The smallest absolute Gasteiger partial charge is 0.255 e. The van der Waals surface area contributed by atoms with Crippen molar-refractivity contribution in [1.82, 2.24) is 15.3 Å². The number of nitrogens with one attached hydrogen (secondary N) is 2. The zero-order chi connectivity index (χ0) is 20.6. The molecule has 0 bridgehead atoms. The summed E-state index contributed by atoms with van der Waals surface area (Å²) >= 11 is 0. The highest BCUT2D eigenvalue weighted by atomic mass is 16.3.